The Labute approximate surface area is 137 Å². The molecule has 0 aliphatic carbocycles. The average Bonchev–Trinajstić information content (AvgIpc) is 2.59. The highest BCUT2D eigenvalue weighted by Crippen LogP contribution is 2.15. The number of nitrogens with one attached hydrogen (secondary N) is 1. The molecule has 0 unspecified atom stereocenters. The van der Waals surface area contributed by atoms with Gasteiger partial charge in [0, 0.05) is 11.6 Å². The molecule has 3 N–H and O–H groups in total. The van der Waals surface area contributed by atoms with Crippen molar-refractivity contribution in [1.82, 2.24) is 9.97 Å². The van der Waals surface area contributed by atoms with Crippen LogP contribution in [0.4, 0.5) is 5.69 Å². The predicted octanol–water partition coefficient (Wildman–Crippen LogP) is 1.46. The van der Waals surface area contributed by atoms with E-state index in [4.69, 9.17) is 9.98 Å². The van der Waals surface area contributed by atoms with Gasteiger partial charge < -0.3 is 4.84 Å². The Balaban J connectivity index is 1.70. The number of nitrogens with two attached hydrogens (primary N) is 1. The zero-order valence-electron chi connectivity index (χ0n) is 12.2. The Kier molecular flexibility index (Phi) is 4.11. The molecule has 0 aliphatic heterocycles. The Morgan fingerprint density at radius 1 is 1.12 bits per heavy atom. The van der Waals surface area contributed by atoms with Crippen molar-refractivity contribution in [3.63, 3.8) is 0 Å². The van der Waals surface area contributed by atoms with Crippen LogP contribution in [0.1, 0.15) is 10.4 Å². The molecule has 0 atom stereocenters. The van der Waals surface area contributed by atoms with Crippen LogP contribution in [-0.4, -0.2) is 24.4 Å². The summed E-state index contributed by atoms with van der Waals surface area (Å²) < 4.78 is 22.3. The van der Waals surface area contributed by atoms with E-state index < -0.39 is 16.0 Å². The van der Waals surface area contributed by atoms with Crippen LogP contribution in [0, 0.1) is 0 Å². The largest absolute Gasteiger partial charge is 0.362 e. The molecule has 0 amide bonds. The molecule has 0 spiro atoms. The van der Waals surface area contributed by atoms with E-state index in [0.717, 1.165) is 5.39 Å². The molecule has 2 aromatic carbocycles. The molecule has 122 valence electrons. The van der Waals surface area contributed by atoms with E-state index in [0.29, 0.717) is 16.8 Å². The summed E-state index contributed by atoms with van der Waals surface area (Å²) in [5.74, 6) is -0.606. The number of hydrogen-bond acceptors (Lipinski definition) is 7. The molecule has 0 fully saturated rings. The van der Waals surface area contributed by atoms with Crippen molar-refractivity contribution >= 4 is 32.6 Å². The molecular weight excluding hydrogens is 332 g/mol. The molecule has 0 saturated heterocycles. The lowest BCUT2D eigenvalue weighted by atomic mass is 10.1. The molecule has 8 nitrogen and oxygen atoms in total. The minimum absolute atomic E-state index is 0.0337. The summed E-state index contributed by atoms with van der Waals surface area (Å²) >= 11 is 0. The Hall–Kier alpha value is -3.04. The molecule has 1 aromatic heterocycles. The number of nitrogens with zero attached hydrogens (tertiary/aromatic N) is 2. The fourth-order valence-corrected chi connectivity index (χ4v) is 2.49. The highest BCUT2D eigenvalue weighted by Gasteiger charge is 2.10. The maximum Gasteiger partial charge on any atom is 0.362 e. The number of fused-ring (bicyclic) bond motifs is 1. The van der Waals surface area contributed by atoms with Crippen LogP contribution in [0.3, 0.4) is 0 Å². The lowest BCUT2D eigenvalue weighted by Gasteiger charge is -2.07. The second-order valence-corrected chi connectivity index (χ2v) is 6.42. The monoisotopic (exact) mass is 344 g/mol. The maximum atomic E-state index is 12.0. The Morgan fingerprint density at radius 3 is 2.58 bits per heavy atom. The number of rotatable bonds is 4. The molecule has 24 heavy (non-hydrogen) atoms. The van der Waals surface area contributed by atoms with E-state index in [9.17, 15) is 13.2 Å². The first-order chi connectivity index (χ1) is 11.4. The molecule has 3 aromatic rings. The average molecular weight is 344 g/mol. The summed E-state index contributed by atoms with van der Waals surface area (Å²) in [5, 5.41) is 5.81. The maximum absolute atomic E-state index is 12.0. The molecule has 0 radical (unpaired) electrons. The highest BCUT2D eigenvalue weighted by molar-refractivity contribution is 7.89. The van der Waals surface area contributed by atoms with Gasteiger partial charge in [-0.05, 0) is 36.4 Å². The van der Waals surface area contributed by atoms with E-state index in [-0.39, 0.29) is 4.90 Å². The van der Waals surface area contributed by atoms with Crippen molar-refractivity contribution in [2.45, 2.75) is 4.90 Å². The second kappa shape index (κ2) is 6.22. The first-order valence-electron chi connectivity index (χ1n) is 6.73. The lowest BCUT2D eigenvalue weighted by molar-refractivity contribution is 0.0596. The van der Waals surface area contributed by atoms with Crippen molar-refractivity contribution in [2.75, 3.05) is 5.48 Å². The topological polar surface area (TPSA) is 124 Å². The van der Waals surface area contributed by atoms with Gasteiger partial charge in [-0.2, -0.15) is 0 Å². The van der Waals surface area contributed by atoms with Gasteiger partial charge in [0.25, 0.3) is 0 Å². The Bertz CT molecular complexity index is 1000. The Morgan fingerprint density at radius 2 is 1.88 bits per heavy atom. The van der Waals surface area contributed by atoms with Crippen LogP contribution >= 0.6 is 0 Å². The summed E-state index contributed by atoms with van der Waals surface area (Å²) in [4.78, 5) is 24.9. The third kappa shape index (κ3) is 3.47. The third-order valence-electron chi connectivity index (χ3n) is 3.19. The van der Waals surface area contributed by atoms with Crippen LogP contribution in [0.15, 0.2) is 59.9 Å². The molecule has 3 rings (SSSR count). The van der Waals surface area contributed by atoms with Gasteiger partial charge in [0.05, 0.1) is 21.7 Å². The zero-order chi connectivity index (χ0) is 17.2. The number of carbonyl (C=O) groups excluding carboxylic acids is 1. The summed E-state index contributed by atoms with van der Waals surface area (Å²) in [6, 6.07) is 10.4. The van der Waals surface area contributed by atoms with Crippen molar-refractivity contribution in [3.05, 3.63) is 60.6 Å². The fourth-order valence-electron chi connectivity index (χ4n) is 1.98. The van der Waals surface area contributed by atoms with Crippen LogP contribution in [0.5, 0.6) is 0 Å². The van der Waals surface area contributed by atoms with E-state index in [2.05, 4.69) is 15.4 Å². The molecule has 0 bridgehead atoms. The van der Waals surface area contributed by atoms with Crippen LogP contribution in [0.25, 0.3) is 10.9 Å². The summed E-state index contributed by atoms with van der Waals surface area (Å²) in [6.07, 6.45) is 3.03. The summed E-state index contributed by atoms with van der Waals surface area (Å²) in [7, 11) is -3.76. The smallest absolute Gasteiger partial charge is 0.338 e. The van der Waals surface area contributed by atoms with E-state index in [1.165, 1.54) is 30.6 Å². The molecular formula is C15H12N4O4S. The molecule has 0 aliphatic rings. The van der Waals surface area contributed by atoms with Crippen molar-refractivity contribution in [3.8, 4) is 0 Å². The molecule has 0 saturated carbocycles. The fraction of sp³-hybridized carbons (Fsp3) is 0. The number of hydrogen-bond donors (Lipinski definition) is 2. The van der Waals surface area contributed by atoms with E-state index in [1.807, 2.05) is 0 Å². The number of sulfonamides is 1. The standard InChI is InChI=1S/C15H12N4O4S/c16-24(21,22)13-5-3-12(4-6-13)19-23-15(20)10-1-2-11-8-17-9-18-14(11)7-10/h1-9,19H,(H2,16,21,22). The van der Waals surface area contributed by atoms with Crippen molar-refractivity contribution in [1.29, 1.82) is 0 Å². The predicted molar refractivity (Wildman–Crippen MR) is 86.4 cm³/mol. The van der Waals surface area contributed by atoms with Crippen LogP contribution in [0.2, 0.25) is 0 Å². The SMILES string of the molecule is NS(=O)(=O)c1ccc(NOC(=O)c2ccc3cncnc3c2)cc1. The van der Waals surface area contributed by atoms with Gasteiger partial charge in [-0.1, -0.05) is 6.07 Å². The highest BCUT2D eigenvalue weighted by atomic mass is 32.2. The zero-order valence-corrected chi connectivity index (χ0v) is 13.0. The quantitative estimate of drug-likeness (QED) is 0.686. The third-order valence-corrected chi connectivity index (χ3v) is 4.12. The van der Waals surface area contributed by atoms with Gasteiger partial charge in [-0.25, -0.2) is 33.8 Å². The van der Waals surface area contributed by atoms with Gasteiger partial charge in [0.1, 0.15) is 6.33 Å². The number of benzene rings is 2. The van der Waals surface area contributed by atoms with Gasteiger partial charge >= 0.3 is 5.97 Å². The number of aromatic nitrogens is 2. The van der Waals surface area contributed by atoms with Gasteiger partial charge in [0.15, 0.2) is 0 Å². The number of carbonyl (C=O) groups is 1. The van der Waals surface area contributed by atoms with Crippen molar-refractivity contribution < 1.29 is 18.0 Å². The molecule has 1 heterocycles. The minimum Gasteiger partial charge on any atom is -0.338 e. The molecule has 9 heteroatoms. The van der Waals surface area contributed by atoms with Gasteiger partial charge in [-0.3, -0.25) is 0 Å². The lowest BCUT2D eigenvalue weighted by Crippen LogP contribution is -2.13. The van der Waals surface area contributed by atoms with Crippen molar-refractivity contribution in [2.24, 2.45) is 5.14 Å². The van der Waals surface area contributed by atoms with E-state index in [1.54, 1.807) is 24.4 Å². The first-order valence-corrected chi connectivity index (χ1v) is 8.28. The van der Waals surface area contributed by atoms with E-state index >= 15 is 0 Å². The summed E-state index contributed by atoms with van der Waals surface area (Å²) in [6.45, 7) is 0. The number of anilines is 1. The number of primary sulfonamides is 1. The normalized spacial score (nSPS) is 11.2. The van der Waals surface area contributed by atoms with Gasteiger partial charge in [0.2, 0.25) is 10.0 Å². The minimum atomic E-state index is -3.76. The van der Waals surface area contributed by atoms with Crippen LogP contribution < -0.4 is 10.6 Å². The summed E-state index contributed by atoms with van der Waals surface area (Å²) in [5.41, 5.74) is 3.79. The van der Waals surface area contributed by atoms with Gasteiger partial charge in [-0.15, -0.1) is 0 Å². The first kappa shape index (κ1) is 15.8. The second-order valence-electron chi connectivity index (χ2n) is 4.86. The van der Waals surface area contributed by atoms with Crippen LogP contribution in [-0.2, 0) is 14.9 Å².